The Morgan fingerprint density at radius 2 is 1.79 bits per heavy atom. The quantitative estimate of drug-likeness (QED) is 0.287. The maximum absolute atomic E-state index is 13.2. The number of aliphatic hydroxyl groups is 1. The highest BCUT2D eigenvalue weighted by Crippen LogP contribution is 2.41. The van der Waals surface area contributed by atoms with E-state index in [0.29, 0.717) is 30.9 Å². The van der Waals surface area contributed by atoms with Crippen molar-refractivity contribution in [1.29, 1.82) is 0 Å². The van der Waals surface area contributed by atoms with Gasteiger partial charge in [-0.2, -0.15) is 0 Å². The van der Waals surface area contributed by atoms with Gasteiger partial charge in [0.15, 0.2) is 0 Å². The number of rotatable bonds is 9. The van der Waals surface area contributed by atoms with E-state index in [0.717, 1.165) is 16.9 Å². The van der Waals surface area contributed by atoms with Crippen LogP contribution in [0.5, 0.6) is 11.5 Å². The van der Waals surface area contributed by atoms with Gasteiger partial charge in [0.25, 0.3) is 11.7 Å². The lowest BCUT2D eigenvalue weighted by atomic mass is 9.93. The molecule has 1 atom stereocenters. The minimum atomic E-state index is -0.690. The molecule has 0 spiro atoms. The molecule has 0 radical (unpaired) electrons. The molecule has 0 aromatic heterocycles. The maximum Gasteiger partial charge on any atom is 0.295 e. The van der Waals surface area contributed by atoms with Crippen LogP contribution in [-0.2, 0) is 9.59 Å². The first-order chi connectivity index (χ1) is 16.2. The van der Waals surface area contributed by atoms with Crippen LogP contribution in [0.4, 0.5) is 0 Å². The second-order valence-corrected chi connectivity index (χ2v) is 9.07. The van der Waals surface area contributed by atoms with Gasteiger partial charge < -0.3 is 19.5 Å². The molecular formula is C28H35NO5. The van der Waals surface area contributed by atoms with E-state index in [1.807, 2.05) is 77.9 Å². The lowest BCUT2D eigenvalue weighted by Crippen LogP contribution is -2.30. The summed E-state index contributed by atoms with van der Waals surface area (Å²) in [6.45, 7) is 12.8. The van der Waals surface area contributed by atoms with Gasteiger partial charge in [-0.05, 0) is 74.6 Å². The number of ether oxygens (including phenoxy) is 2. The molecule has 0 saturated carbocycles. The lowest BCUT2D eigenvalue weighted by molar-refractivity contribution is -0.139. The molecule has 1 N–H and O–H groups in total. The van der Waals surface area contributed by atoms with Crippen molar-refractivity contribution < 1.29 is 24.2 Å². The Balaban J connectivity index is 2.18. The predicted molar refractivity (Wildman–Crippen MR) is 133 cm³/mol. The molecule has 1 unspecified atom stereocenters. The maximum atomic E-state index is 13.2. The van der Waals surface area contributed by atoms with Crippen molar-refractivity contribution in [2.24, 2.45) is 0 Å². The number of hydrogen-bond donors (Lipinski definition) is 1. The van der Waals surface area contributed by atoms with Gasteiger partial charge in [-0.3, -0.25) is 9.59 Å². The Hall–Kier alpha value is -3.28. The van der Waals surface area contributed by atoms with Gasteiger partial charge in [0, 0.05) is 12.1 Å². The summed E-state index contributed by atoms with van der Waals surface area (Å²) < 4.78 is 11.6. The van der Waals surface area contributed by atoms with Crippen LogP contribution in [0.3, 0.4) is 0 Å². The van der Waals surface area contributed by atoms with E-state index >= 15 is 0 Å². The fourth-order valence-corrected chi connectivity index (χ4v) is 4.32. The zero-order chi connectivity index (χ0) is 25.0. The van der Waals surface area contributed by atoms with Gasteiger partial charge in [-0.15, -0.1) is 0 Å². The van der Waals surface area contributed by atoms with Crippen LogP contribution in [0.2, 0.25) is 0 Å². The van der Waals surface area contributed by atoms with Gasteiger partial charge in [-0.25, -0.2) is 0 Å². The molecule has 0 bridgehead atoms. The van der Waals surface area contributed by atoms with E-state index in [1.165, 1.54) is 0 Å². The normalized spacial score (nSPS) is 17.6. The Bertz CT molecular complexity index is 1090. The topological polar surface area (TPSA) is 76.1 Å². The van der Waals surface area contributed by atoms with Gasteiger partial charge in [0.05, 0.1) is 24.3 Å². The highest BCUT2D eigenvalue weighted by molar-refractivity contribution is 6.46. The molecule has 0 aliphatic carbocycles. The van der Waals surface area contributed by atoms with E-state index in [-0.39, 0.29) is 23.4 Å². The molecule has 6 heteroatoms. The number of hydrogen-bond acceptors (Lipinski definition) is 5. The van der Waals surface area contributed by atoms with Gasteiger partial charge >= 0.3 is 0 Å². The lowest BCUT2D eigenvalue weighted by Gasteiger charge is -2.25. The second-order valence-electron chi connectivity index (χ2n) is 9.07. The van der Waals surface area contributed by atoms with Gasteiger partial charge in [-0.1, -0.05) is 32.9 Å². The number of carbonyl (C=O) groups is 2. The van der Waals surface area contributed by atoms with Crippen LogP contribution in [0, 0.1) is 0 Å². The van der Waals surface area contributed by atoms with Crippen molar-refractivity contribution in [3.8, 4) is 11.5 Å². The van der Waals surface area contributed by atoms with Crippen LogP contribution in [-0.4, -0.2) is 41.0 Å². The number of likely N-dealkylation sites (tertiary alicyclic amines) is 1. The zero-order valence-corrected chi connectivity index (χ0v) is 20.9. The Kier molecular flexibility index (Phi) is 8.02. The first-order valence-corrected chi connectivity index (χ1v) is 12.0. The number of ketones is 1. The number of nitrogens with zero attached hydrogens (tertiary/aromatic N) is 1. The average molecular weight is 466 g/mol. The molecule has 182 valence electrons. The third-order valence-corrected chi connectivity index (χ3v) is 5.76. The molecule has 1 aliphatic heterocycles. The summed E-state index contributed by atoms with van der Waals surface area (Å²) in [6, 6.07) is 12.1. The van der Waals surface area contributed by atoms with Crippen molar-refractivity contribution in [2.75, 3.05) is 13.2 Å². The molecule has 1 fully saturated rings. The second kappa shape index (κ2) is 10.8. The van der Waals surface area contributed by atoms with E-state index < -0.39 is 17.7 Å². The summed E-state index contributed by atoms with van der Waals surface area (Å²) in [6.07, 6.45) is 0.669. The monoisotopic (exact) mass is 465 g/mol. The molecule has 1 amide bonds. The Morgan fingerprint density at radius 1 is 1.06 bits per heavy atom. The molecule has 1 saturated heterocycles. The third-order valence-electron chi connectivity index (χ3n) is 5.76. The average Bonchev–Trinajstić information content (AvgIpc) is 3.04. The molecule has 6 nitrogen and oxygen atoms in total. The van der Waals surface area contributed by atoms with Crippen LogP contribution < -0.4 is 9.47 Å². The fraction of sp³-hybridized carbons (Fsp3) is 0.429. The Morgan fingerprint density at radius 3 is 2.41 bits per heavy atom. The smallest absolute Gasteiger partial charge is 0.295 e. The number of carbonyl (C=O) groups excluding carboxylic acids is 2. The minimum Gasteiger partial charge on any atom is -0.507 e. The number of Topliss-reactive ketones (excluding diaryl/α,β-unsaturated/α-hetero) is 1. The van der Waals surface area contributed by atoms with E-state index in [9.17, 15) is 14.7 Å². The van der Waals surface area contributed by atoms with Crippen molar-refractivity contribution >= 4 is 17.4 Å². The summed E-state index contributed by atoms with van der Waals surface area (Å²) in [5.41, 5.74) is 2.24. The van der Waals surface area contributed by atoms with Crippen LogP contribution in [0.15, 0.2) is 48.0 Å². The number of benzene rings is 2. The van der Waals surface area contributed by atoms with Crippen LogP contribution in [0.1, 0.15) is 76.6 Å². The zero-order valence-electron chi connectivity index (χ0n) is 20.9. The summed E-state index contributed by atoms with van der Waals surface area (Å²) in [7, 11) is 0. The highest BCUT2D eigenvalue weighted by Gasteiger charge is 2.45. The number of aliphatic hydroxyl groups excluding tert-OH is 1. The fourth-order valence-electron chi connectivity index (χ4n) is 4.32. The van der Waals surface area contributed by atoms with Gasteiger partial charge in [0.1, 0.15) is 17.3 Å². The molecule has 2 aromatic carbocycles. The molecule has 34 heavy (non-hydrogen) atoms. The molecular weight excluding hydrogens is 430 g/mol. The predicted octanol–water partition coefficient (Wildman–Crippen LogP) is 5.83. The summed E-state index contributed by atoms with van der Waals surface area (Å²) >= 11 is 0. The summed E-state index contributed by atoms with van der Waals surface area (Å²) in [5, 5.41) is 11.4. The van der Waals surface area contributed by atoms with Crippen LogP contribution in [0.25, 0.3) is 5.76 Å². The van der Waals surface area contributed by atoms with E-state index in [2.05, 4.69) is 0 Å². The summed E-state index contributed by atoms with van der Waals surface area (Å²) in [4.78, 5) is 27.7. The van der Waals surface area contributed by atoms with Crippen molar-refractivity contribution in [2.45, 2.75) is 66.0 Å². The molecule has 3 rings (SSSR count). The molecule has 2 aromatic rings. The first kappa shape index (κ1) is 25.3. The first-order valence-electron chi connectivity index (χ1n) is 12.0. The highest BCUT2D eigenvalue weighted by atomic mass is 16.5. The van der Waals surface area contributed by atoms with Crippen molar-refractivity contribution in [1.82, 2.24) is 4.90 Å². The summed E-state index contributed by atoms with van der Waals surface area (Å²) in [5.74, 6) is 0.0950. The molecule has 1 aliphatic rings. The SMILES string of the molecule is CCCN1C(=O)C(=O)/C(=C(/O)c2ccc(OCC)c(C(C)C)c2)C1c1cccc(OC(C)C)c1. The Labute approximate surface area is 202 Å². The standard InChI is InChI=1S/C28H35NO5/c1-7-14-29-25(19-10-9-11-21(15-19)34-18(5)6)24(27(31)28(29)32)26(30)20-12-13-23(33-8-2)22(16-20)17(3)4/h9-13,15-18,25,30H,7-8,14H2,1-6H3/b26-24+. The number of amides is 1. The van der Waals surface area contributed by atoms with Crippen molar-refractivity contribution in [3.63, 3.8) is 0 Å². The minimum absolute atomic E-state index is 0.0180. The molecule has 1 heterocycles. The van der Waals surface area contributed by atoms with E-state index in [1.54, 1.807) is 11.0 Å². The van der Waals surface area contributed by atoms with Crippen molar-refractivity contribution in [3.05, 3.63) is 64.7 Å². The van der Waals surface area contributed by atoms with Gasteiger partial charge in [0.2, 0.25) is 0 Å². The van der Waals surface area contributed by atoms with E-state index in [4.69, 9.17) is 9.47 Å². The largest absolute Gasteiger partial charge is 0.507 e. The third kappa shape index (κ3) is 5.11. The van der Waals surface area contributed by atoms with Crippen LogP contribution >= 0.6 is 0 Å².